The fourth-order valence-electron chi connectivity index (χ4n) is 5.28. The SMILES string of the molecule is Cc1nc2cc(C(=O)N3CCC[C@@H](c4cccc(-c5ccc(F)cc5)n4)C3)ccc2n1-c1ccccc1. The quantitative estimate of drug-likeness (QED) is 0.287. The third kappa shape index (κ3) is 4.51. The molecule has 184 valence electrons. The van der Waals surface area contributed by atoms with Gasteiger partial charge in [-0.25, -0.2) is 9.37 Å². The van der Waals surface area contributed by atoms with Crippen LogP contribution in [0.2, 0.25) is 0 Å². The molecule has 1 atom stereocenters. The molecule has 0 unspecified atom stereocenters. The Morgan fingerprint density at radius 3 is 2.54 bits per heavy atom. The van der Waals surface area contributed by atoms with Gasteiger partial charge in [0.05, 0.1) is 16.7 Å². The van der Waals surface area contributed by atoms with Crippen LogP contribution >= 0.6 is 0 Å². The van der Waals surface area contributed by atoms with Gasteiger partial charge < -0.3 is 4.90 Å². The predicted molar refractivity (Wildman–Crippen MR) is 143 cm³/mol. The molecule has 0 N–H and O–H groups in total. The molecule has 1 aliphatic rings. The van der Waals surface area contributed by atoms with Crippen LogP contribution in [0.15, 0.2) is 91.0 Å². The molecule has 1 aliphatic heterocycles. The maximum Gasteiger partial charge on any atom is 0.253 e. The van der Waals surface area contributed by atoms with Gasteiger partial charge in [-0.2, -0.15) is 0 Å². The lowest BCUT2D eigenvalue weighted by Gasteiger charge is -2.32. The molecule has 5 nitrogen and oxygen atoms in total. The number of amides is 1. The first-order valence-electron chi connectivity index (χ1n) is 12.6. The summed E-state index contributed by atoms with van der Waals surface area (Å²) in [6.45, 7) is 3.33. The standard InChI is InChI=1S/C31H27FN4O/c1-21-33-29-19-23(14-17-30(29)36(21)26-8-3-2-4-9-26)31(37)35-18-6-7-24(20-35)28-11-5-10-27(34-28)22-12-15-25(32)16-13-22/h2-5,8-17,19,24H,6-7,18,20H2,1H3/t24-/m1/s1. The average Bonchev–Trinajstić information content (AvgIpc) is 3.28. The Kier molecular flexibility index (Phi) is 6.01. The van der Waals surface area contributed by atoms with Gasteiger partial charge in [0.15, 0.2) is 0 Å². The number of likely N-dealkylation sites (tertiary alicyclic amines) is 1. The van der Waals surface area contributed by atoms with Gasteiger partial charge in [-0.1, -0.05) is 24.3 Å². The number of fused-ring (bicyclic) bond motifs is 1. The van der Waals surface area contributed by atoms with Crippen molar-refractivity contribution < 1.29 is 9.18 Å². The van der Waals surface area contributed by atoms with E-state index in [1.54, 1.807) is 12.1 Å². The number of carbonyl (C=O) groups is 1. The molecule has 0 aliphatic carbocycles. The number of aromatic nitrogens is 3. The monoisotopic (exact) mass is 490 g/mol. The van der Waals surface area contributed by atoms with Crippen LogP contribution in [0.4, 0.5) is 4.39 Å². The van der Waals surface area contributed by atoms with Gasteiger partial charge in [0.2, 0.25) is 0 Å². The summed E-state index contributed by atoms with van der Waals surface area (Å²) in [6, 6.07) is 28.3. The number of benzene rings is 3. The number of piperidine rings is 1. The lowest BCUT2D eigenvalue weighted by atomic mass is 9.93. The van der Waals surface area contributed by atoms with E-state index in [0.717, 1.165) is 58.9 Å². The van der Waals surface area contributed by atoms with E-state index in [2.05, 4.69) is 16.7 Å². The first kappa shape index (κ1) is 23.1. The van der Waals surface area contributed by atoms with E-state index in [0.29, 0.717) is 12.1 Å². The van der Waals surface area contributed by atoms with E-state index in [1.807, 2.05) is 66.4 Å². The highest BCUT2D eigenvalue weighted by Gasteiger charge is 2.27. The fraction of sp³-hybridized carbons (Fsp3) is 0.194. The summed E-state index contributed by atoms with van der Waals surface area (Å²) in [7, 11) is 0. The number of para-hydroxylation sites is 1. The largest absolute Gasteiger partial charge is 0.338 e. The van der Waals surface area contributed by atoms with Gasteiger partial charge >= 0.3 is 0 Å². The second-order valence-corrected chi connectivity index (χ2v) is 9.58. The van der Waals surface area contributed by atoms with Gasteiger partial charge in [-0.15, -0.1) is 0 Å². The first-order chi connectivity index (χ1) is 18.1. The zero-order valence-corrected chi connectivity index (χ0v) is 20.6. The van der Waals surface area contributed by atoms with Crippen molar-refractivity contribution in [2.45, 2.75) is 25.7 Å². The van der Waals surface area contributed by atoms with E-state index >= 15 is 0 Å². The molecular formula is C31H27FN4O. The molecular weight excluding hydrogens is 463 g/mol. The minimum absolute atomic E-state index is 0.0215. The smallest absolute Gasteiger partial charge is 0.253 e. The van der Waals surface area contributed by atoms with Crippen molar-refractivity contribution in [3.8, 4) is 16.9 Å². The Bertz CT molecular complexity index is 1580. The second kappa shape index (κ2) is 9.62. The third-order valence-corrected chi connectivity index (χ3v) is 7.12. The number of rotatable bonds is 4. The molecule has 3 aromatic carbocycles. The second-order valence-electron chi connectivity index (χ2n) is 9.58. The Balaban J connectivity index is 1.24. The Hall–Kier alpha value is -4.32. The molecule has 0 spiro atoms. The summed E-state index contributed by atoms with van der Waals surface area (Å²) in [6.07, 6.45) is 1.90. The number of pyridine rings is 1. The average molecular weight is 491 g/mol. The van der Waals surface area contributed by atoms with E-state index in [9.17, 15) is 9.18 Å². The summed E-state index contributed by atoms with van der Waals surface area (Å²) < 4.78 is 15.5. The zero-order chi connectivity index (χ0) is 25.4. The van der Waals surface area contributed by atoms with Crippen molar-refractivity contribution in [1.29, 1.82) is 0 Å². The number of aryl methyl sites for hydroxylation is 1. The zero-order valence-electron chi connectivity index (χ0n) is 20.6. The summed E-state index contributed by atoms with van der Waals surface area (Å²) in [5.41, 5.74) is 6.16. The lowest BCUT2D eigenvalue weighted by Crippen LogP contribution is -2.39. The van der Waals surface area contributed by atoms with Gasteiger partial charge in [0, 0.05) is 41.5 Å². The van der Waals surface area contributed by atoms with Crippen LogP contribution in [0.3, 0.4) is 0 Å². The van der Waals surface area contributed by atoms with Gasteiger partial charge in [0.1, 0.15) is 11.6 Å². The van der Waals surface area contributed by atoms with Gasteiger partial charge in [-0.05, 0) is 86.5 Å². The Morgan fingerprint density at radius 2 is 1.73 bits per heavy atom. The van der Waals surface area contributed by atoms with Gasteiger partial charge in [-0.3, -0.25) is 14.3 Å². The lowest BCUT2D eigenvalue weighted by molar-refractivity contribution is 0.0706. The third-order valence-electron chi connectivity index (χ3n) is 7.12. The van der Waals surface area contributed by atoms with Crippen LogP contribution < -0.4 is 0 Å². The normalized spacial score (nSPS) is 15.7. The van der Waals surface area contributed by atoms with Crippen LogP contribution in [0.1, 0.15) is 40.6 Å². The fourth-order valence-corrected chi connectivity index (χ4v) is 5.28. The molecule has 0 saturated carbocycles. The number of nitrogens with zero attached hydrogens (tertiary/aromatic N) is 4. The summed E-state index contributed by atoms with van der Waals surface area (Å²) in [4.78, 5) is 25.1. The van der Waals surface area contributed by atoms with Crippen LogP contribution in [0.25, 0.3) is 28.0 Å². The van der Waals surface area contributed by atoms with E-state index in [1.165, 1.54) is 12.1 Å². The summed E-state index contributed by atoms with van der Waals surface area (Å²) >= 11 is 0. The van der Waals surface area contributed by atoms with Gasteiger partial charge in [0.25, 0.3) is 5.91 Å². The number of halogens is 1. The molecule has 1 fully saturated rings. The Morgan fingerprint density at radius 1 is 0.919 bits per heavy atom. The van der Waals surface area contributed by atoms with Crippen molar-refractivity contribution in [1.82, 2.24) is 19.4 Å². The molecule has 6 heteroatoms. The van der Waals surface area contributed by atoms with Crippen LogP contribution in [-0.2, 0) is 0 Å². The number of hydrogen-bond acceptors (Lipinski definition) is 3. The Labute approximate surface area is 215 Å². The van der Waals surface area contributed by atoms with Crippen LogP contribution in [0, 0.1) is 12.7 Å². The van der Waals surface area contributed by atoms with Crippen molar-refractivity contribution >= 4 is 16.9 Å². The summed E-state index contributed by atoms with van der Waals surface area (Å²) in [5.74, 6) is 0.798. The molecule has 1 saturated heterocycles. The van der Waals surface area contributed by atoms with Crippen LogP contribution in [-0.4, -0.2) is 38.4 Å². The van der Waals surface area contributed by atoms with E-state index in [-0.39, 0.29) is 17.6 Å². The first-order valence-corrected chi connectivity index (χ1v) is 12.6. The number of hydrogen-bond donors (Lipinski definition) is 0. The topological polar surface area (TPSA) is 51.0 Å². The van der Waals surface area contributed by atoms with Crippen molar-refractivity contribution in [2.75, 3.05) is 13.1 Å². The molecule has 2 aromatic heterocycles. The van der Waals surface area contributed by atoms with E-state index < -0.39 is 0 Å². The van der Waals surface area contributed by atoms with Crippen molar-refractivity contribution in [3.63, 3.8) is 0 Å². The summed E-state index contributed by atoms with van der Waals surface area (Å²) in [5, 5.41) is 0. The minimum Gasteiger partial charge on any atom is -0.338 e. The minimum atomic E-state index is -0.262. The van der Waals surface area contributed by atoms with Crippen molar-refractivity contribution in [2.24, 2.45) is 0 Å². The molecule has 37 heavy (non-hydrogen) atoms. The highest BCUT2D eigenvalue weighted by molar-refractivity contribution is 5.97. The number of imidazole rings is 1. The van der Waals surface area contributed by atoms with Crippen LogP contribution in [0.5, 0.6) is 0 Å². The predicted octanol–water partition coefficient (Wildman–Crippen LogP) is 6.55. The number of carbonyl (C=O) groups excluding carboxylic acids is 1. The maximum atomic E-state index is 13.5. The maximum absolute atomic E-state index is 13.5. The van der Waals surface area contributed by atoms with E-state index in [4.69, 9.17) is 9.97 Å². The molecule has 5 aromatic rings. The molecule has 6 rings (SSSR count). The highest BCUT2D eigenvalue weighted by atomic mass is 19.1. The highest BCUT2D eigenvalue weighted by Crippen LogP contribution is 2.29. The molecule has 3 heterocycles. The van der Waals surface area contributed by atoms with Crippen molar-refractivity contribution in [3.05, 3.63) is 114 Å². The molecule has 1 amide bonds. The molecule has 0 radical (unpaired) electrons. The molecule has 0 bridgehead atoms.